The van der Waals surface area contributed by atoms with Crippen LogP contribution >= 0.6 is 23.2 Å². The molecule has 0 spiro atoms. The molecular formula is C17H12Cl2N4O2. The van der Waals surface area contributed by atoms with Gasteiger partial charge in [0.1, 0.15) is 5.69 Å². The van der Waals surface area contributed by atoms with Gasteiger partial charge in [-0.3, -0.25) is 25.5 Å². The molecule has 3 aromatic rings. The molecule has 0 atom stereocenters. The molecule has 3 rings (SSSR count). The molecule has 1 aromatic heterocycles. The molecule has 0 saturated carbocycles. The topological polar surface area (TPSA) is 86.9 Å². The molecule has 126 valence electrons. The van der Waals surface area contributed by atoms with Crippen molar-refractivity contribution in [1.82, 2.24) is 21.0 Å². The van der Waals surface area contributed by atoms with Gasteiger partial charge in [-0.15, -0.1) is 0 Å². The molecule has 0 radical (unpaired) electrons. The van der Waals surface area contributed by atoms with Crippen molar-refractivity contribution in [1.29, 1.82) is 0 Å². The molecule has 0 saturated heterocycles. The summed E-state index contributed by atoms with van der Waals surface area (Å²) in [6.45, 7) is 0. The minimum atomic E-state index is -0.580. The number of hydrogen-bond donors (Lipinski definition) is 3. The number of halogens is 2. The van der Waals surface area contributed by atoms with Crippen LogP contribution in [0.2, 0.25) is 10.0 Å². The van der Waals surface area contributed by atoms with Crippen LogP contribution in [-0.2, 0) is 0 Å². The number of benzene rings is 2. The fourth-order valence-electron chi connectivity index (χ4n) is 2.11. The average Bonchev–Trinajstić information content (AvgIpc) is 3.12. The Morgan fingerprint density at radius 2 is 1.64 bits per heavy atom. The number of rotatable bonds is 3. The number of nitrogens with one attached hydrogen (secondary N) is 3. The molecule has 25 heavy (non-hydrogen) atoms. The van der Waals surface area contributed by atoms with E-state index in [-0.39, 0.29) is 16.3 Å². The van der Waals surface area contributed by atoms with Crippen LogP contribution in [0, 0.1) is 0 Å². The maximum absolute atomic E-state index is 12.1. The minimum Gasteiger partial charge on any atom is -0.272 e. The van der Waals surface area contributed by atoms with Crippen molar-refractivity contribution in [2.45, 2.75) is 0 Å². The van der Waals surface area contributed by atoms with E-state index in [9.17, 15) is 9.59 Å². The van der Waals surface area contributed by atoms with Crippen LogP contribution in [0.1, 0.15) is 20.8 Å². The summed E-state index contributed by atoms with van der Waals surface area (Å²) in [5, 5.41) is 7.30. The Morgan fingerprint density at radius 3 is 2.40 bits per heavy atom. The Kier molecular flexibility index (Phi) is 5.02. The Bertz CT molecular complexity index is 925. The third kappa shape index (κ3) is 3.99. The van der Waals surface area contributed by atoms with E-state index in [0.29, 0.717) is 10.7 Å². The molecular weight excluding hydrogens is 363 g/mol. The largest absolute Gasteiger partial charge is 0.287 e. The molecule has 0 bridgehead atoms. The Hall–Kier alpha value is -2.83. The van der Waals surface area contributed by atoms with E-state index in [4.69, 9.17) is 23.2 Å². The van der Waals surface area contributed by atoms with Crippen molar-refractivity contribution in [3.63, 3.8) is 0 Å². The molecule has 1 heterocycles. The predicted molar refractivity (Wildman–Crippen MR) is 95.4 cm³/mol. The zero-order valence-corrected chi connectivity index (χ0v) is 14.2. The summed E-state index contributed by atoms with van der Waals surface area (Å²) < 4.78 is 0. The monoisotopic (exact) mass is 374 g/mol. The average molecular weight is 375 g/mol. The molecule has 0 aliphatic rings. The lowest BCUT2D eigenvalue weighted by atomic mass is 10.1. The van der Waals surface area contributed by atoms with Crippen LogP contribution in [0.5, 0.6) is 0 Å². The van der Waals surface area contributed by atoms with E-state index < -0.39 is 11.8 Å². The Labute approximate surface area is 153 Å². The zero-order chi connectivity index (χ0) is 17.8. The van der Waals surface area contributed by atoms with E-state index in [2.05, 4.69) is 21.0 Å². The number of H-pyrrole nitrogens is 1. The van der Waals surface area contributed by atoms with Gasteiger partial charge in [-0.2, -0.15) is 5.10 Å². The highest BCUT2D eigenvalue weighted by Crippen LogP contribution is 2.20. The second-order valence-corrected chi connectivity index (χ2v) is 5.91. The molecule has 8 heteroatoms. The van der Waals surface area contributed by atoms with E-state index in [1.807, 2.05) is 30.3 Å². The van der Waals surface area contributed by atoms with E-state index in [0.717, 1.165) is 5.56 Å². The van der Waals surface area contributed by atoms with Crippen molar-refractivity contribution < 1.29 is 9.59 Å². The fourth-order valence-corrected chi connectivity index (χ4v) is 2.49. The van der Waals surface area contributed by atoms with Crippen LogP contribution in [-0.4, -0.2) is 22.0 Å². The van der Waals surface area contributed by atoms with Gasteiger partial charge in [0, 0.05) is 10.6 Å². The van der Waals surface area contributed by atoms with Crippen LogP contribution in [0.25, 0.3) is 11.3 Å². The summed E-state index contributed by atoms with van der Waals surface area (Å²) >= 11 is 11.8. The number of carbonyl (C=O) groups is 2. The van der Waals surface area contributed by atoms with E-state index in [1.54, 1.807) is 12.1 Å². The third-order valence-electron chi connectivity index (χ3n) is 3.35. The lowest BCUT2D eigenvalue weighted by molar-refractivity contribution is 0.0844. The van der Waals surface area contributed by atoms with Gasteiger partial charge in [-0.25, -0.2) is 0 Å². The third-order valence-corrected chi connectivity index (χ3v) is 3.92. The van der Waals surface area contributed by atoms with E-state index >= 15 is 0 Å². The number of aromatic nitrogens is 2. The molecule has 6 nitrogen and oxygen atoms in total. The lowest BCUT2D eigenvalue weighted by Gasteiger charge is -2.07. The Balaban J connectivity index is 1.66. The van der Waals surface area contributed by atoms with Gasteiger partial charge in [0.05, 0.1) is 16.3 Å². The summed E-state index contributed by atoms with van der Waals surface area (Å²) in [7, 11) is 0. The molecule has 2 amide bonds. The first-order valence-electron chi connectivity index (χ1n) is 7.21. The van der Waals surface area contributed by atoms with Gasteiger partial charge in [-0.05, 0) is 24.3 Å². The number of hydrogen-bond acceptors (Lipinski definition) is 3. The van der Waals surface area contributed by atoms with Gasteiger partial charge in [0.15, 0.2) is 0 Å². The van der Waals surface area contributed by atoms with Crippen molar-refractivity contribution in [2.24, 2.45) is 0 Å². The first kappa shape index (κ1) is 17.0. The van der Waals surface area contributed by atoms with E-state index in [1.165, 1.54) is 12.1 Å². The normalized spacial score (nSPS) is 10.3. The molecule has 2 aromatic carbocycles. The number of amides is 2. The molecule has 0 aliphatic heterocycles. The van der Waals surface area contributed by atoms with Gasteiger partial charge in [-0.1, -0.05) is 53.5 Å². The summed E-state index contributed by atoms with van der Waals surface area (Å²) in [4.78, 5) is 24.2. The SMILES string of the molecule is O=C(NNC(=O)c1cc(Cl)ccc1Cl)c1cc(-c2ccccc2)n[nH]1. The van der Waals surface area contributed by atoms with Gasteiger partial charge < -0.3 is 0 Å². The highest BCUT2D eigenvalue weighted by Gasteiger charge is 2.14. The van der Waals surface area contributed by atoms with Crippen molar-refractivity contribution in [3.8, 4) is 11.3 Å². The molecule has 0 unspecified atom stereocenters. The summed E-state index contributed by atoms with van der Waals surface area (Å²) in [5.41, 5.74) is 6.43. The highest BCUT2D eigenvalue weighted by atomic mass is 35.5. The quantitative estimate of drug-likeness (QED) is 0.613. The molecule has 0 aliphatic carbocycles. The lowest BCUT2D eigenvalue weighted by Crippen LogP contribution is -2.41. The molecule has 0 fully saturated rings. The van der Waals surface area contributed by atoms with Crippen molar-refractivity contribution in [2.75, 3.05) is 0 Å². The smallest absolute Gasteiger partial charge is 0.272 e. The standard InChI is InChI=1S/C17H12Cl2N4O2/c18-11-6-7-13(19)12(8-11)16(24)22-23-17(25)15-9-14(20-21-15)10-4-2-1-3-5-10/h1-9H,(H,20,21)(H,22,24)(H,23,25). The fraction of sp³-hybridized carbons (Fsp3) is 0. The number of hydrazine groups is 1. The van der Waals surface area contributed by atoms with Crippen LogP contribution in [0.15, 0.2) is 54.6 Å². The van der Waals surface area contributed by atoms with Crippen molar-refractivity contribution in [3.05, 3.63) is 75.9 Å². The first-order chi connectivity index (χ1) is 12.0. The maximum Gasteiger partial charge on any atom is 0.287 e. The maximum atomic E-state index is 12.1. The second-order valence-electron chi connectivity index (χ2n) is 5.07. The minimum absolute atomic E-state index is 0.157. The molecule has 3 N–H and O–H groups in total. The number of nitrogens with zero attached hydrogens (tertiary/aromatic N) is 1. The highest BCUT2D eigenvalue weighted by molar-refractivity contribution is 6.35. The van der Waals surface area contributed by atoms with Crippen molar-refractivity contribution >= 4 is 35.0 Å². The summed E-state index contributed by atoms with van der Waals surface area (Å²) in [6, 6.07) is 15.5. The van der Waals surface area contributed by atoms with Crippen LogP contribution in [0.3, 0.4) is 0 Å². The van der Waals surface area contributed by atoms with Crippen LogP contribution < -0.4 is 10.9 Å². The van der Waals surface area contributed by atoms with Crippen LogP contribution in [0.4, 0.5) is 0 Å². The number of aromatic amines is 1. The predicted octanol–water partition coefficient (Wildman–Crippen LogP) is 3.46. The zero-order valence-electron chi connectivity index (χ0n) is 12.7. The van der Waals surface area contributed by atoms with Gasteiger partial charge >= 0.3 is 0 Å². The summed E-state index contributed by atoms with van der Waals surface area (Å²) in [6.07, 6.45) is 0. The summed E-state index contributed by atoms with van der Waals surface area (Å²) in [5.74, 6) is -1.12. The van der Waals surface area contributed by atoms with Gasteiger partial charge in [0.25, 0.3) is 11.8 Å². The first-order valence-corrected chi connectivity index (χ1v) is 7.97. The Morgan fingerprint density at radius 1 is 0.920 bits per heavy atom. The second kappa shape index (κ2) is 7.38. The van der Waals surface area contributed by atoms with Gasteiger partial charge in [0.2, 0.25) is 0 Å². The number of carbonyl (C=O) groups excluding carboxylic acids is 2.